The first kappa shape index (κ1) is 16.0. The van der Waals surface area contributed by atoms with Gasteiger partial charge >= 0.3 is 0 Å². The van der Waals surface area contributed by atoms with Crippen LogP contribution >= 0.6 is 0 Å². The van der Waals surface area contributed by atoms with E-state index in [1.165, 1.54) is 6.42 Å². The van der Waals surface area contributed by atoms with E-state index in [1.54, 1.807) is 11.0 Å². The Hall–Kier alpha value is -3.22. The third-order valence-electron chi connectivity index (χ3n) is 5.11. The zero-order valence-electron chi connectivity index (χ0n) is 15.1. The van der Waals surface area contributed by atoms with Gasteiger partial charge in [0.1, 0.15) is 17.7 Å². The summed E-state index contributed by atoms with van der Waals surface area (Å²) in [7, 11) is 0. The van der Waals surface area contributed by atoms with Gasteiger partial charge in [-0.3, -0.25) is 10.2 Å². The third-order valence-corrected chi connectivity index (χ3v) is 5.11. The predicted molar refractivity (Wildman–Crippen MR) is 103 cm³/mol. The first-order chi connectivity index (χ1) is 13.2. The van der Waals surface area contributed by atoms with Crippen LogP contribution in [0.2, 0.25) is 0 Å². The minimum Gasteiger partial charge on any atom is -0.313 e. The number of hydrogen-bond acceptors (Lipinski definition) is 4. The highest BCUT2D eigenvalue weighted by atomic mass is 16.2. The maximum atomic E-state index is 13.1. The number of rotatable bonds is 2. The quantitative estimate of drug-likeness (QED) is 0.595. The molecular weight excluding hydrogens is 340 g/mol. The average molecular weight is 360 g/mol. The molecule has 0 saturated heterocycles. The normalized spacial score (nSPS) is 14.3. The molecule has 0 unspecified atom stereocenters. The monoisotopic (exact) mass is 360 g/mol. The SMILES string of the molecule is Cc1cc(C(=O)Nn2cnc3ccccc32)c2nc3n(c2n1)CCCCC3. The Morgan fingerprint density at radius 1 is 1.15 bits per heavy atom. The summed E-state index contributed by atoms with van der Waals surface area (Å²) in [5, 5.41) is 0. The molecule has 7 nitrogen and oxygen atoms in total. The number of benzene rings is 1. The van der Waals surface area contributed by atoms with Crippen LogP contribution in [0.4, 0.5) is 0 Å². The van der Waals surface area contributed by atoms with Gasteiger partial charge in [-0.1, -0.05) is 18.6 Å². The number of hydrogen-bond donors (Lipinski definition) is 1. The second-order valence-corrected chi connectivity index (χ2v) is 7.02. The number of carbonyl (C=O) groups excluding carboxylic acids is 1. The first-order valence-electron chi connectivity index (χ1n) is 9.31. The van der Waals surface area contributed by atoms with Gasteiger partial charge in [-0.05, 0) is 38.0 Å². The maximum absolute atomic E-state index is 13.1. The molecule has 0 fully saturated rings. The lowest BCUT2D eigenvalue weighted by atomic mass is 10.2. The summed E-state index contributed by atoms with van der Waals surface area (Å²) >= 11 is 0. The molecule has 1 aromatic carbocycles. The molecule has 0 atom stereocenters. The number of fused-ring (bicyclic) bond motifs is 4. The average Bonchev–Trinajstić information content (AvgIpc) is 3.14. The van der Waals surface area contributed by atoms with E-state index >= 15 is 0 Å². The molecule has 0 spiro atoms. The molecule has 4 aromatic rings. The molecule has 0 radical (unpaired) electrons. The third kappa shape index (κ3) is 2.66. The number of nitrogens with one attached hydrogen (secondary N) is 1. The Bertz CT molecular complexity index is 1170. The molecule has 4 heterocycles. The molecule has 1 aliphatic rings. The zero-order chi connectivity index (χ0) is 18.4. The van der Waals surface area contributed by atoms with Gasteiger partial charge < -0.3 is 4.57 Å². The van der Waals surface area contributed by atoms with Crippen molar-refractivity contribution in [1.29, 1.82) is 0 Å². The molecule has 7 heteroatoms. The number of aryl methyl sites for hydroxylation is 3. The minimum atomic E-state index is -0.207. The van der Waals surface area contributed by atoms with Crippen LogP contribution in [0.5, 0.6) is 0 Å². The summed E-state index contributed by atoms with van der Waals surface area (Å²) in [6.07, 6.45) is 6.01. The lowest BCUT2D eigenvalue weighted by molar-refractivity contribution is 0.101. The van der Waals surface area contributed by atoms with Gasteiger partial charge in [0.25, 0.3) is 5.91 Å². The minimum absolute atomic E-state index is 0.207. The van der Waals surface area contributed by atoms with E-state index in [2.05, 4.69) is 20.0 Å². The Kier molecular flexibility index (Phi) is 3.67. The summed E-state index contributed by atoms with van der Waals surface area (Å²) in [5.74, 6) is 0.824. The number of carbonyl (C=O) groups is 1. The van der Waals surface area contributed by atoms with Crippen molar-refractivity contribution in [3.05, 3.63) is 53.7 Å². The van der Waals surface area contributed by atoms with Crippen LogP contribution in [0.25, 0.3) is 22.2 Å². The number of pyridine rings is 1. The summed E-state index contributed by atoms with van der Waals surface area (Å²) in [6, 6.07) is 9.50. The van der Waals surface area contributed by atoms with Crippen LogP contribution in [0, 0.1) is 6.92 Å². The fourth-order valence-corrected chi connectivity index (χ4v) is 3.81. The van der Waals surface area contributed by atoms with Gasteiger partial charge in [-0.2, -0.15) is 0 Å². The van der Waals surface area contributed by atoms with Crippen LogP contribution in [0.3, 0.4) is 0 Å². The molecule has 1 amide bonds. The summed E-state index contributed by atoms with van der Waals surface area (Å²) in [4.78, 5) is 26.9. The predicted octanol–water partition coefficient (Wildman–Crippen LogP) is 3.20. The van der Waals surface area contributed by atoms with E-state index in [0.717, 1.165) is 54.0 Å². The van der Waals surface area contributed by atoms with E-state index in [1.807, 2.05) is 37.3 Å². The van der Waals surface area contributed by atoms with Crippen molar-refractivity contribution in [3.63, 3.8) is 0 Å². The second kappa shape index (κ2) is 6.19. The molecule has 1 aliphatic heterocycles. The lowest BCUT2D eigenvalue weighted by Crippen LogP contribution is -2.22. The Morgan fingerprint density at radius 2 is 2.04 bits per heavy atom. The number of para-hydroxylation sites is 2. The fraction of sp³-hybridized carbons (Fsp3) is 0.300. The lowest BCUT2D eigenvalue weighted by Gasteiger charge is -2.09. The van der Waals surface area contributed by atoms with Crippen molar-refractivity contribution in [2.75, 3.05) is 5.43 Å². The number of amides is 1. The van der Waals surface area contributed by atoms with Crippen LogP contribution in [0.15, 0.2) is 36.7 Å². The van der Waals surface area contributed by atoms with Crippen LogP contribution in [-0.2, 0) is 13.0 Å². The largest absolute Gasteiger partial charge is 0.313 e. The number of imidazole rings is 2. The van der Waals surface area contributed by atoms with Crippen molar-refractivity contribution < 1.29 is 4.79 Å². The molecule has 136 valence electrons. The summed E-state index contributed by atoms with van der Waals surface area (Å²) in [6.45, 7) is 2.83. The Morgan fingerprint density at radius 3 is 2.96 bits per heavy atom. The van der Waals surface area contributed by atoms with Crippen molar-refractivity contribution in [2.24, 2.45) is 0 Å². The van der Waals surface area contributed by atoms with Crippen LogP contribution in [0.1, 0.15) is 41.1 Å². The Balaban J connectivity index is 1.58. The molecular formula is C20H20N6O. The van der Waals surface area contributed by atoms with Crippen molar-refractivity contribution >= 4 is 28.1 Å². The molecule has 27 heavy (non-hydrogen) atoms. The van der Waals surface area contributed by atoms with Gasteiger partial charge in [0.15, 0.2) is 5.65 Å². The standard InChI is InChI=1S/C20H20N6O/c1-13-11-14(18-19(22-13)25-10-6-2-3-9-17(25)23-18)20(27)24-26-12-21-15-7-4-5-8-16(15)26/h4-5,7-8,11-12H,2-3,6,9-10H2,1H3,(H,24,27). The second-order valence-electron chi connectivity index (χ2n) is 7.02. The van der Waals surface area contributed by atoms with Gasteiger partial charge in [-0.15, -0.1) is 0 Å². The van der Waals surface area contributed by atoms with Gasteiger partial charge in [0, 0.05) is 18.7 Å². The van der Waals surface area contributed by atoms with Crippen molar-refractivity contribution in [2.45, 2.75) is 39.2 Å². The highest BCUT2D eigenvalue weighted by Gasteiger charge is 2.21. The molecule has 0 bridgehead atoms. The van der Waals surface area contributed by atoms with E-state index < -0.39 is 0 Å². The van der Waals surface area contributed by atoms with Gasteiger partial charge in [-0.25, -0.2) is 19.6 Å². The first-order valence-corrected chi connectivity index (χ1v) is 9.31. The summed E-state index contributed by atoms with van der Waals surface area (Å²) in [5.41, 5.74) is 7.48. The van der Waals surface area contributed by atoms with Crippen molar-refractivity contribution in [3.8, 4) is 0 Å². The van der Waals surface area contributed by atoms with E-state index in [4.69, 9.17) is 4.98 Å². The maximum Gasteiger partial charge on any atom is 0.272 e. The highest BCUT2D eigenvalue weighted by Crippen LogP contribution is 2.24. The van der Waals surface area contributed by atoms with E-state index in [9.17, 15) is 4.79 Å². The zero-order valence-corrected chi connectivity index (χ0v) is 15.1. The molecule has 0 aliphatic carbocycles. The fourth-order valence-electron chi connectivity index (χ4n) is 3.81. The van der Waals surface area contributed by atoms with Gasteiger partial charge in [0.2, 0.25) is 0 Å². The van der Waals surface area contributed by atoms with Crippen LogP contribution in [-0.4, -0.2) is 30.1 Å². The molecule has 1 N–H and O–H groups in total. The molecule has 0 saturated carbocycles. The molecule has 3 aromatic heterocycles. The van der Waals surface area contributed by atoms with E-state index in [-0.39, 0.29) is 5.91 Å². The topological polar surface area (TPSA) is 77.6 Å². The van der Waals surface area contributed by atoms with E-state index in [0.29, 0.717) is 11.1 Å². The highest BCUT2D eigenvalue weighted by molar-refractivity contribution is 6.08. The van der Waals surface area contributed by atoms with Crippen LogP contribution < -0.4 is 5.43 Å². The molecule has 5 rings (SSSR count). The number of aromatic nitrogens is 5. The number of nitrogens with zero attached hydrogens (tertiary/aromatic N) is 5. The van der Waals surface area contributed by atoms with Crippen molar-refractivity contribution in [1.82, 2.24) is 24.2 Å². The smallest absolute Gasteiger partial charge is 0.272 e. The summed E-state index contributed by atoms with van der Waals surface area (Å²) < 4.78 is 3.83. The van der Waals surface area contributed by atoms with Gasteiger partial charge in [0.05, 0.1) is 16.6 Å². The Labute approximate surface area is 156 Å².